The van der Waals surface area contributed by atoms with Crippen LogP contribution in [0.3, 0.4) is 0 Å². The third-order valence-corrected chi connectivity index (χ3v) is 5.07. The molecule has 0 spiro atoms. The van der Waals surface area contributed by atoms with Crippen molar-refractivity contribution in [3.8, 4) is 0 Å². The summed E-state index contributed by atoms with van der Waals surface area (Å²) in [6.07, 6.45) is 1.84. The van der Waals surface area contributed by atoms with Gasteiger partial charge in [0, 0.05) is 39.2 Å². The van der Waals surface area contributed by atoms with E-state index in [1.807, 2.05) is 16.7 Å². The van der Waals surface area contributed by atoms with Crippen molar-refractivity contribution in [2.75, 3.05) is 32.8 Å². The van der Waals surface area contributed by atoms with Gasteiger partial charge in [0.25, 0.3) is 5.91 Å². The number of carbonyl (C=O) groups is 2. The number of hydrogen-bond acceptors (Lipinski definition) is 3. The van der Waals surface area contributed by atoms with Gasteiger partial charge in [0.2, 0.25) is 5.91 Å². The Balaban J connectivity index is 1.47. The molecule has 2 unspecified atom stereocenters. The highest BCUT2D eigenvalue weighted by Gasteiger charge is 2.31. The van der Waals surface area contributed by atoms with Crippen LogP contribution in [0.25, 0.3) is 0 Å². The van der Waals surface area contributed by atoms with E-state index in [0.717, 1.165) is 18.4 Å². The highest BCUT2D eigenvalue weighted by Crippen LogP contribution is 2.21. The van der Waals surface area contributed by atoms with Crippen LogP contribution in [0.2, 0.25) is 0 Å². The summed E-state index contributed by atoms with van der Waals surface area (Å²) >= 11 is 0. The lowest BCUT2D eigenvalue weighted by atomic mass is 9.97. The van der Waals surface area contributed by atoms with Crippen molar-refractivity contribution in [3.05, 3.63) is 35.6 Å². The minimum atomic E-state index is -0.291. The van der Waals surface area contributed by atoms with E-state index in [0.29, 0.717) is 39.2 Å². The summed E-state index contributed by atoms with van der Waals surface area (Å²) in [5.41, 5.74) is 0.960. The summed E-state index contributed by atoms with van der Waals surface area (Å²) in [6, 6.07) is 6.30. The molecule has 0 N–H and O–H groups in total. The number of nitrogens with zero attached hydrogens (tertiary/aromatic N) is 2. The molecule has 25 heavy (non-hydrogen) atoms. The number of amides is 2. The minimum absolute atomic E-state index is 0.0413. The fraction of sp³-hybridized carbons (Fsp3) is 0.579. The van der Waals surface area contributed by atoms with Gasteiger partial charge in [-0.15, -0.1) is 0 Å². The largest absolute Gasteiger partial charge is 0.368 e. The number of carbonyl (C=O) groups excluding carboxylic acids is 2. The Morgan fingerprint density at radius 3 is 2.40 bits per heavy atom. The standard InChI is InChI=1S/C19H25FN2O3/c1-14(15-4-6-16(20)7-5-15)13-18(23)21-8-10-22(11-9-21)19(24)17-3-2-12-25-17/h4-7,14,17H,2-3,8-13H2,1H3. The molecule has 2 aliphatic rings. The second kappa shape index (κ2) is 7.95. The first-order valence-electron chi connectivity index (χ1n) is 8.98. The van der Waals surface area contributed by atoms with Crippen LogP contribution in [0, 0.1) is 5.82 Å². The Kier molecular flexibility index (Phi) is 5.68. The van der Waals surface area contributed by atoms with Crippen molar-refractivity contribution >= 4 is 11.8 Å². The van der Waals surface area contributed by atoms with Crippen LogP contribution in [0.4, 0.5) is 4.39 Å². The average Bonchev–Trinajstić information content (AvgIpc) is 3.16. The Labute approximate surface area is 147 Å². The zero-order chi connectivity index (χ0) is 17.8. The Hall–Kier alpha value is -1.95. The van der Waals surface area contributed by atoms with Crippen LogP contribution < -0.4 is 0 Å². The van der Waals surface area contributed by atoms with Gasteiger partial charge >= 0.3 is 0 Å². The highest BCUT2D eigenvalue weighted by molar-refractivity contribution is 5.82. The fourth-order valence-electron chi connectivity index (χ4n) is 3.45. The predicted octanol–water partition coefficient (Wildman–Crippen LogP) is 2.17. The van der Waals surface area contributed by atoms with E-state index < -0.39 is 0 Å². The third-order valence-electron chi connectivity index (χ3n) is 5.07. The SMILES string of the molecule is CC(CC(=O)N1CCN(C(=O)C2CCCO2)CC1)c1ccc(F)cc1. The highest BCUT2D eigenvalue weighted by atomic mass is 19.1. The Morgan fingerprint density at radius 2 is 1.80 bits per heavy atom. The molecule has 6 heteroatoms. The van der Waals surface area contributed by atoms with Gasteiger partial charge < -0.3 is 14.5 Å². The number of ether oxygens (including phenoxy) is 1. The molecule has 1 aromatic carbocycles. The molecule has 1 aromatic rings. The van der Waals surface area contributed by atoms with Crippen LogP contribution in [0.15, 0.2) is 24.3 Å². The summed E-state index contributed by atoms with van der Waals surface area (Å²) in [5, 5.41) is 0. The average molecular weight is 348 g/mol. The van der Waals surface area contributed by atoms with Gasteiger partial charge in [0.05, 0.1) is 0 Å². The molecule has 5 nitrogen and oxygen atoms in total. The number of halogens is 1. The Bertz CT molecular complexity index is 606. The van der Waals surface area contributed by atoms with E-state index >= 15 is 0 Å². The second-order valence-corrected chi connectivity index (χ2v) is 6.86. The number of piperazine rings is 1. The molecule has 2 heterocycles. The molecule has 0 bridgehead atoms. The van der Waals surface area contributed by atoms with Gasteiger partial charge in [-0.05, 0) is 36.5 Å². The quantitative estimate of drug-likeness (QED) is 0.838. The normalized spacial score (nSPS) is 22.1. The summed E-state index contributed by atoms with van der Waals surface area (Å²) in [5.74, 6) is -0.0840. The maximum atomic E-state index is 13.0. The van der Waals surface area contributed by atoms with Crippen LogP contribution >= 0.6 is 0 Å². The number of rotatable bonds is 4. The first kappa shape index (κ1) is 17.9. The summed E-state index contributed by atoms with van der Waals surface area (Å²) in [6.45, 7) is 4.89. The number of benzene rings is 1. The van der Waals surface area contributed by atoms with Gasteiger partial charge in [0.15, 0.2) is 0 Å². The summed E-state index contributed by atoms with van der Waals surface area (Å²) < 4.78 is 18.5. The van der Waals surface area contributed by atoms with Gasteiger partial charge in [-0.1, -0.05) is 19.1 Å². The molecule has 2 amide bonds. The lowest BCUT2D eigenvalue weighted by Crippen LogP contribution is -2.52. The van der Waals surface area contributed by atoms with Gasteiger partial charge in [-0.2, -0.15) is 0 Å². The van der Waals surface area contributed by atoms with E-state index in [4.69, 9.17) is 4.74 Å². The first-order chi connectivity index (χ1) is 12.0. The van der Waals surface area contributed by atoms with E-state index in [9.17, 15) is 14.0 Å². The summed E-state index contributed by atoms with van der Waals surface area (Å²) in [4.78, 5) is 28.5. The molecule has 2 atom stereocenters. The van der Waals surface area contributed by atoms with Gasteiger partial charge in [-0.3, -0.25) is 9.59 Å². The van der Waals surface area contributed by atoms with Crippen molar-refractivity contribution in [1.82, 2.24) is 9.80 Å². The summed E-state index contributed by atoms with van der Waals surface area (Å²) in [7, 11) is 0. The predicted molar refractivity (Wildman–Crippen MR) is 91.6 cm³/mol. The molecule has 0 aromatic heterocycles. The smallest absolute Gasteiger partial charge is 0.251 e. The molecule has 0 saturated carbocycles. The van der Waals surface area contributed by atoms with Crippen LogP contribution in [-0.2, 0) is 14.3 Å². The van der Waals surface area contributed by atoms with Gasteiger partial charge in [0.1, 0.15) is 11.9 Å². The van der Waals surface area contributed by atoms with Crippen LogP contribution in [0.5, 0.6) is 0 Å². The van der Waals surface area contributed by atoms with Crippen molar-refractivity contribution in [3.63, 3.8) is 0 Å². The fourth-order valence-corrected chi connectivity index (χ4v) is 3.45. The molecular formula is C19H25FN2O3. The minimum Gasteiger partial charge on any atom is -0.368 e. The molecule has 0 radical (unpaired) electrons. The second-order valence-electron chi connectivity index (χ2n) is 6.86. The number of hydrogen-bond donors (Lipinski definition) is 0. The molecule has 3 rings (SSSR count). The van der Waals surface area contributed by atoms with Crippen LogP contribution in [-0.4, -0.2) is 60.5 Å². The van der Waals surface area contributed by atoms with Crippen molar-refractivity contribution in [2.45, 2.75) is 38.2 Å². The van der Waals surface area contributed by atoms with E-state index in [1.165, 1.54) is 12.1 Å². The van der Waals surface area contributed by atoms with E-state index in [-0.39, 0.29) is 29.7 Å². The molecule has 2 saturated heterocycles. The van der Waals surface area contributed by atoms with E-state index in [1.54, 1.807) is 12.1 Å². The van der Waals surface area contributed by atoms with Crippen molar-refractivity contribution in [2.24, 2.45) is 0 Å². The third kappa shape index (κ3) is 4.37. The van der Waals surface area contributed by atoms with Crippen molar-refractivity contribution in [1.29, 1.82) is 0 Å². The zero-order valence-electron chi connectivity index (χ0n) is 14.6. The van der Waals surface area contributed by atoms with Gasteiger partial charge in [-0.25, -0.2) is 4.39 Å². The molecule has 0 aliphatic carbocycles. The Morgan fingerprint density at radius 1 is 1.16 bits per heavy atom. The zero-order valence-corrected chi connectivity index (χ0v) is 14.6. The lowest BCUT2D eigenvalue weighted by molar-refractivity contribution is -0.146. The van der Waals surface area contributed by atoms with Crippen molar-refractivity contribution < 1.29 is 18.7 Å². The first-order valence-corrected chi connectivity index (χ1v) is 8.98. The molecule has 2 fully saturated rings. The maximum Gasteiger partial charge on any atom is 0.251 e. The monoisotopic (exact) mass is 348 g/mol. The lowest BCUT2D eigenvalue weighted by Gasteiger charge is -2.36. The topological polar surface area (TPSA) is 49.9 Å². The molecule has 2 aliphatic heterocycles. The molecule has 136 valence electrons. The molecular weight excluding hydrogens is 323 g/mol. The van der Waals surface area contributed by atoms with E-state index in [2.05, 4.69) is 0 Å². The maximum absolute atomic E-state index is 13.0. The van der Waals surface area contributed by atoms with Crippen LogP contribution in [0.1, 0.15) is 37.7 Å².